The molecule has 0 aliphatic rings. The number of hydrogen-bond acceptors (Lipinski definition) is 3. The average molecular weight is 384 g/mol. The van der Waals surface area contributed by atoms with Gasteiger partial charge in [-0.05, 0) is 48.5 Å². The van der Waals surface area contributed by atoms with Crippen molar-refractivity contribution in [3.05, 3.63) is 95.6 Å². The van der Waals surface area contributed by atoms with Crippen molar-refractivity contribution in [2.24, 2.45) is 4.99 Å². The lowest BCUT2D eigenvalue weighted by Gasteiger charge is -2.12. The minimum absolute atomic E-state index is 0.00554. The van der Waals surface area contributed by atoms with Crippen LogP contribution in [0.2, 0.25) is 0 Å². The third-order valence-corrected chi connectivity index (χ3v) is 3.63. The Morgan fingerprint density at radius 2 is 1.82 bits per heavy atom. The van der Waals surface area contributed by atoms with Gasteiger partial charge < -0.3 is 5.32 Å². The summed E-state index contributed by atoms with van der Waals surface area (Å²) in [5, 5.41) is 5.28. The molecule has 0 saturated heterocycles. The number of carbonyl (C=O) groups excluding carboxylic acids is 1. The third kappa shape index (κ3) is 5.16. The second kappa shape index (κ2) is 8.81. The second-order valence-corrected chi connectivity index (χ2v) is 5.70. The zero-order chi connectivity index (χ0) is 19.9. The van der Waals surface area contributed by atoms with Crippen LogP contribution in [0.25, 0.3) is 0 Å². The van der Waals surface area contributed by atoms with Crippen LogP contribution in [-0.4, -0.2) is 16.9 Å². The van der Waals surface area contributed by atoms with Crippen molar-refractivity contribution in [1.82, 2.24) is 10.3 Å². The minimum atomic E-state index is -1.14. The number of rotatable bonds is 4. The Kier molecular flexibility index (Phi) is 6.01. The Morgan fingerprint density at radius 1 is 0.964 bits per heavy atom. The molecule has 0 radical (unpaired) electrons. The lowest BCUT2D eigenvalue weighted by Crippen LogP contribution is -2.36. The van der Waals surface area contributed by atoms with E-state index in [1.165, 1.54) is 18.2 Å². The molecule has 0 spiro atoms. The molecule has 0 fully saturated rings. The van der Waals surface area contributed by atoms with E-state index >= 15 is 0 Å². The zero-order valence-electron chi connectivity index (χ0n) is 14.5. The maximum atomic E-state index is 13.4. The van der Waals surface area contributed by atoms with Crippen molar-refractivity contribution in [2.75, 3.05) is 5.32 Å². The van der Waals surface area contributed by atoms with Crippen LogP contribution in [0.4, 0.5) is 18.9 Å². The molecule has 8 heteroatoms. The number of halogens is 3. The molecule has 0 atom stereocenters. The summed E-state index contributed by atoms with van der Waals surface area (Å²) in [5.41, 5.74) is 0.902. The molecule has 0 unspecified atom stereocenters. The van der Waals surface area contributed by atoms with Crippen molar-refractivity contribution in [3.63, 3.8) is 0 Å². The van der Waals surface area contributed by atoms with Crippen LogP contribution in [0, 0.1) is 17.5 Å². The number of amides is 1. The molecular formula is C20H15F3N4O. The fraction of sp³-hybridized carbons (Fsp3) is 0.0500. The first kappa shape index (κ1) is 19.1. The van der Waals surface area contributed by atoms with Gasteiger partial charge in [0.25, 0.3) is 5.91 Å². The molecule has 142 valence electrons. The van der Waals surface area contributed by atoms with Gasteiger partial charge in [-0.2, -0.15) is 0 Å². The standard InChI is InChI=1S/C20H15F3N4O/c21-14-4-3-6-15(11-14)26-20(25-12-16-5-1-2-9-24-16)27-19(28)13-7-8-17(22)18(23)10-13/h1-11H,12H2,(H2,25,26,27,28). The first-order valence-corrected chi connectivity index (χ1v) is 8.24. The summed E-state index contributed by atoms with van der Waals surface area (Å²) >= 11 is 0. The van der Waals surface area contributed by atoms with E-state index in [1.54, 1.807) is 30.5 Å². The van der Waals surface area contributed by atoms with Crippen LogP contribution in [0.5, 0.6) is 0 Å². The lowest BCUT2D eigenvalue weighted by molar-refractivity contribution is 0.0976. The van der Waals surface area contributed by atoms with Crippen LogP contribution < -0.4 is 10.6 Å². The highest BCUT2D eigenvalue weighted by Crippen LogP contribution is 2.11. The van der Waals surface area contributed by atoms with Crippen molar-refractivity contribution in [2.45, 2.75) is 6.54 Å². The SMILES string of the molecule is O=C(NC(=NCc1ccccn1)Nc1cccc(F)c1)c1ccc(F)c(F)c1. The predicted molar refractivity (Wildman–Crippen MR) is 99.2 cm³/mol. The van der Waals surface area contributed by atoms with E-state index in [9.17, 15) is 18.0 Å². The van der Waals surface area contributed by atoms with E-state index < -0.39 is 23.4 Å². The zero-order valence-corrected chi connectivity index (χ0v) is 14.5. The molecular weight excluding hydrogens is 369 g/mol. The van der Waals surface area contributed by atoms with Gasteiger partial charge in [-0.25, -0.2) is 18.2 Å². The van der Waals surface area contributed by atoms with Gasteiger partial charge in [-0.1, -0.05) is 12.1 Å². The highest BCUT2D eigenvalue weighted by atomic mass is 19.2. The molecule has 1 heterocycles. The molecule has 3 rings (SSSR count). The minimum Gasteiger partial charge on any atom is -0.326 e. The number of pyridine rings is 1. The first-order chi connectivity index (χ1) is 13.5. The Labute approximate surface area is 159 Å². The molecule has 0 aliphatic carbocycles. The van der Waals surface area contributed by atoms with Crippen molar-refractivity contribution < 1.29 is 18.0 Å². The lowest BCUT2D eigenvalue weighted by atomic mass is 10.2. The Bertz CT molecular complexity index is 1010. The number of nitrogens with zero attached hydrogens (tertiary/aromatic N) is 2. The van der Waals surface area contributed by atoms with Gasteiger partial charge in [0.15, 0.2) is 11.6 Å². The summed E-state index contributed by atoms with van der Waals surface area (Å²) in [6, 6.07) is 13.6. The summed E-state index contributed by atoms with van der Waals surface area (Å²) in [7, 11) is 0. The van der Waals surface area contributed by atoms with Gasteiger partial charge in [0.1, 0.15) is 5.82 Å². The maximum absolute atomic E-state index is 13.4. The van der Waals surface area contributed by atoms with Crippen LogP contribution in [0.15, 0.2) is 71.9 Å². The second-order valence-electron chi connectivity index (χ2n) is 5.70. The first-order valence-electron chi connectivity index (χ1n) is 8.24. The summed E-state index contributed by atoms with van der Waals surface area (Å²) in [4.78, 5) is 20.8. The highest BCUT2D eigenvalue weighted by molar-refractivity contribution is 6.09. The number of carbonyl (C=O) groups is 1. The van der Waals surface area contributed by atoms with Gasteiger partial charge in [-0.15, -0.1) is 0 Å². The van der Waals surface area contributed by atoms with Gasteiger partial charge in [0, 0.05) is 17.4 Å². The molecule has 0 aliphatic heterocycles. The third-order valence-electron chi connectivity index (χ3n) is 3.63. The topological polar surface area (TPSA) is 66.4 Å². The fourth-order valence-corrected chi connectivity index (χ4v) is 2.28. The average Bonchev–Trinajstić information content (AvgIpc) is 2.69. The summed E-state index contributed by atoms with van der Waals surface area (Å²) < 4.78 is 39.9. The van der Waals surface area contributed by atoms with E-state index in [0.29, 0.717) is 11.4 Å². The van der Waals surface area contributed by atoms with Crippen LogP contribution >= 0.6 is 0 Å². The van der Waals surface area contributed by atoms with Gasteiger partial charge in [-0.3, -0.25) is 15.1 Å². The quantitative estimate of drug-likeness (QED) is 0.530. The number of anilines is 1. The smallest absolute Gasteiger partial charge is 0.258 e. The number of guanidine groups is 1. The normalized spacial score (nSPS) is 11.2. The fourth-order valence-electron chi connectivity index (χ4n) is 2.28. The molecule has 2 aromatic carbocycles. The molecule has 1 amide bonds. The van der Waals surface area contributed by atoms with Crippen LogP contribution in [-0.2, 0) is 6.54 Å². The number of aromatic nitrogens is 1. The number of hydrogen-bond donors (Lipinski definition) is 2. The molecule has 0 saturated carbocycles. The molecule has 5 nitrogen and oxygen atoms in total. The van der Waals surface area contributed by atoms with Crippen molar-refractivity contribution >= 4 is 17.6 Å². The van der Waals surface area contributed by atoms with E-state index in [-0.39, 0.29) is 18.1 Å². The molecule has 3 aromatic rings. The van der Waals surface area contributed by atoms with E-state index in [0.717, 1.165) is 18.2 Å². The molecule has 0 bridgehead atoms. The molecule has 28 heavy (non-hydrogen) atoms. The van der Waals surface area contributed by atoms with Crippen LogP contribution in [0.1, 0.15) is 16.1 Å². The summed E-state index contributed by atoms with van der Waals surface area (Å²) in [6.45, 7) is 0.135. The Hall–Kier alpha value is -3.68. The van der Waals surface area contributed by atoms with Crippen molar-refractivity contribution in [1.29, 1.82) is 0 Å². The van der Waals surface area contributed by atoms with Crippen molar-refractivity contribution in [3.8, 4) is 0 Å². The largest absolute Gasteiger partial charge is 0.326 e. The number of benzene rings is 2. The number of nitrogens with one attached hydrogen (secondary N) is 2. The predicted octanol–water partition coefficient (Wildman–Crippen LogP) is 3.90. The van der Waals surface area contributed by atoms with E-state index in [1.807, 2.05) is 0 Å². The maximum Gasteiger partial charge on any atom is 0.258 e. The highest BCUT2D eigenvalue weighted by Gasteiger charge is 2.12. The number of aliphatic imine (C=N–C) groups is 1. The Morgan fingerprint density at radius 3 is 2.54 bits per heavy atom. The van der Waals surface area contributed by atoms with Gasteiger partial charge >= 0.3 is 0 Å². The van der Waals surface area contributed by atoms with Gasteiger partial charge in [0.05, 0.1) is 12.2 Å². The Balaban J connectivity index is 1.82. The monoisotopic (exact) mass is 384 g/mol. The molecule has 2 N–H and O–H groups in total. The summed E-state index contributed by atoms with van der Waals surface area (Å²) in [5.74, 6) is -3.37. The summed E-state index contributed by atoms with van der Waals surface area (Å²) in [6.07, 6.45) is 1.60. The van der Waals surface area contributed by atoms with E-state index in [4.69, 9.17) is 0 Å². The van der Waals surface area contributed by atoms with Crippen LogP contribution in [0.3, 0.4) is 0 Å². The van der Waals surface area contributed by atoms with E-state index in [2.05, 4.69) is 20.6 Å². The van der Waals surface area contributed by atoms with Gasteiger partial charge in [0.2, 0.25) is 5.96 Å². The molecule has 1 aromatic heterocycles.